The fraction of sp³-hybridized carbons (Fsp3) is 0.278. The van der Waals surface area contributed by atoms with Gasteiger partial charge in [-0.1, -0.05) is 29.8 Å². The fourth-order valence-corrected chi connectivity index (χ4v) is 2.79. The Labute approximate surface area is 140 Å². The van der Waals surface area contributed by atoms with E-state index in [1.807, 2.05) is 24.3 Å². The predicted octanol–water partition coefficient (Wildman–Crippen LogP) is 3.94. The molecule has 5 heteroatoms. The number of rotatable bonds is 5. The van der Waals surface area contributed by atoms with Gasteiger partial charge >= 0.3 is 0 Å². The summed E-state index contributed by atoms with van der Waals surface area (Å²) in [7, 11) is 1.46. The number of ether oxygens (including phenoxy) is 1. The van der Waals surface area contributed by atoms with Crippen LogP contribution in [-0.4, -0.2) is 18.1 Å². The second kappa shape index (κ2) is 6.50. The van der Waals surface area contributed by atoms with Gasteiger partial charge in [-0.2, -0.15) is 0 Å². The number of benzene rings is 2. The van der Waals surface area contributed by atoms with E-state index in [-0.39, 0.29) is 29.0 Å². The number of nitrogens with one attached hydrogen (secondary N) is 1. The Bertz CT molecular complexity index is 711. The maximum absolute atomic E-state index is 12.6. The summed E-state index contributed by atoms with van der Waals surface area (Å²) in [6, 6.07) is 12.3. The topological polar surface area (TPSA) is 58.6 Å². The molecule has 1 aliphatic rings. The molecule has 2 aromatic carbocycles. The molecular weight excluding hydrogens is 314 g/mol. The lowest BCUT2D eigenvalue weighted by Crippen LogP contribution is -2.30. The van der Waals surface area contributed by atoms with Gasteiger partial charge in [0.1, 0.15) is 0 Å². The molecule has 1 fully saturated rings. The van der Waals surface area contributed by atoms with E-state index in [2.05, 4.69) is 5.32 Å². The average molecular weight is 332 g/mol. The molecule has 0 aromatic heterocycles. The first-order valence-corrected chi connectivity index (χ1v) is 7.90. The summed E-state index contributed by atoms with van der Waals surface area (Å²) in [5.41, 5.74) is 1.23. The summed E-state index contributed by atoms with van der Waals surface area (Å²) in [6.45, 7) is 0. The zero-order valence-corrected chi connectivity index (χ0v) is 13.5. The molecule has 0 heterocycles. The van der Waals surface area contributed by atoms with Crippen molar-refractivity contribution in [3.05, 3.63) is 58.6 Å². The Morgan fingerprint density at radius 2 is 1.96 bits per heavy atom. The van der Waals surface area contributed by atoms with Gasteiger partial charge in [0.2, 0.25) is 0 Å². The number of carbonyl (C=O) groups is 1. The SMILES string of the molecule is COc1cccc(C(=O)NC(c2ccc(Cl)cc2)C2CC2)c1O. The molecule has 4 nitrogen and oxygen atoms in total. The highest BCUT2D eigenvalue weighted by atomic mass is 35.5. The number of hydrogen-bond donors (Lipinski definition) is 2. The minimum atomic E-state index is -0.312. The van der Waals surface area contributed by atoms with Crippen LogP contribution in [0.25, 0.3) is 0 Å². The smallest absolute Gasteiger partial charge is 0.255 e. The third-order valence-corrected chi connectivity index (χ3v) is 4.32. The van der Waals surface area contributed by atoms with Crippen LogP contribution in [-0.2, 0) is 0 Å². The Kier molecular flexibility index (Phi) is 4.44. The van der Waals surface area contributed by atoms with Crippen LogP contribution in [0.4, 0.5) is 0 Å². The first kappa shape index (κ1) is 15.7. The number of para-hydroxylation sites is 1. The van der Waals surface area contributed by atoms with Crippen molar-refractivity contribution in [1.29, 1.82) is 0 Å². The van der Waals surface area contributed by atoms with Crippen molar-refractivity contribution in [1.82, 2.24) is 5.32 Å². The quantitative estimate of drug-likeness (QED) is 0.872. The normalized spacial score (nSPS) is 15.0. The standard InChI is InChI=1S/C18H18ClNO3/c1-23-15-4-2-3-14(17(15)21)18(22)20-16(11-5-6-11)12-7-9-13(19)10-8-12/h2-4,7-11,16,21H,5-6H2,1H3,(H,20,22). The van der Waals surface area contributed by atoms with Gasteiger partial charge in [0.25, 0.3) is 5.91 Å². The molecule has 0 aliphatic heterocycles. The van der Waals surface area contributed by atoms with E-state index in [0.29, 0.717) is 10.9 Å². The van der Waals surface area contributed by atoms with Crippen molar-refractivity contribution in [2.45, 2.75) is 18.9 Å². The van der Waals surface area contributed by atoms with E-state index in [9.17, 15) is 9.90 Å². The third kappa shape index (κ3) is 3.42. The van der Waals surface area contributed by atoms with Crippen LogP contribution < -0.4 is 10.1 Å². The number of carbonyl (C=O) groups excluding carboxylic acids is 1. The van der Waals surface area contributed by atoms with Gasteiger partial charge in [0, 0.05) is 5.02 Å². The van der Waals surface area contributed by atoms with Crippen LogP contribution in [0, 0.1) is 5.92 Å². The van der Waals surface area contributed by atoms with Crippen LogP contribution >= 0.6 is 11.6 Å². The third-order valence-electron chi connectivity index (χ3n) is 4.07. The number of halogens is 1. The summed E-state index contributed by atoms with van der Waals surface area (Å²) >= 11 is 5.93. The van der Waals surface area contributed by atoms with Crippen molar-refractivity contribution in [2.24, 2.45) is 5.92 Å². The van der Waals surface area contributed by atoms with Gasteiger partial charge in [0.05, 0.1) is 18.7 Å². The molecule has 3 rings (SSSR count). The molecule has 0 radical (unpaired) electrons. The summed E-state index contributed by atoms with van der Waals surface area (Å²) in [4.78, 5) is 12.6. The number of aromatic hydroxyl groups is 1. The van der Waals surface area contributed by atoms with Crippen molar-refractivity contribution in [2.75, 3.05) is 7.11 Å². The van der Waals surface area contributed by atoms with Crippen LogP contribution in [0.5, 0.6) is 11.5 Å². The first-order valence-electron chi connectivity index (χ1n) is 7.52. The minimum Gasteiger partial charge on any atom is -0.504 e. The van der Waals surface area contributed by atoms with E-state index in [4.69, 9.17) is 16.3 Å². The van der Waals surface area contributed by atoms with Crippen molar-refractivity contribution in [3.63, 3.8) is 0 Å². The number of amides is 1. The lowest BCUT2D eigenvalue weighted by molar-refractivity contribution is 0.0928. The van der Waals surface area contributed by atoms with Gasteiger partial charge in [-0.3, -0.25) is 4.79 Å². The monoisotopic (exact) mass is 331 g/mol. The summed E-state index contributed by atoms with van der Waals surface area (Å²) in [6.07, 6.45) is 2.16. The van der Waals surface area contributed by atoms with Crippen LogP contribution in [0.15, 0.2) is 42.5 Å². The van der Waals surface area contributed by atoms with Crippen molar-refractivity contribution < 1.29 is 14.6 Å². The second-order valence-electron chi connectivity index (χ2n) is 5.70. The van der Waals surface area contributed by atoms with Crippen LogP contribution in [0.1, 0.15) is 34.8 Å². The molecule has 1 amide bonds. The van der Waals surface area contributed by atoms with E-state index >= 15 is 0 Å². The van der Waals surface area contributed by atoms with Gasteiger partial charge < -0.3 is 15.2 Å². The summed E-state index contributed by atoms with van der Waals surface area (Å²) in [5, 5.41) is 13.8. The number of phenols is 1. The molecule has 1 saturated carbocycles. The Balaban J connectivity index is 1.83. The van der Waals surface area contributed by atoms with E-state index in [1.165, 1.54) is 7.11 Å². The van der Waals surface area contributed by atoms with Gasteiger partial charge in [-0.15, -0.1) is 0 Å². The molecule has 23 heavy (non-hydrogen) atoms. The predicted molar refractivity (Wildman–Crippen MR) is 89.0 cm³/mol. The van der Waals surface area contributed by atoms with E-state index < -0.39 is 0 Å². The maximum Gasteiger partial charge on any atom is 0.255 e. The van der Waals surface area contributed by atoms with E-state index in [1.54, 1.807) is 18.2 Å². The van der Waals surface area contributed by atoms with Crippen molar-refractivity contribution >= 4 is 17.5 Å². The number of phenolic OH excluding ortho intramolecular Hbond substituents is 1. The molecule has 0 saturated heterocycles. The first-order chi connectivity index (χ1) is 11.1. The molecule has 1 unspecified atom stereocenters. The fourth-order valence-electron chi connectivity index (χ4n) is 2.66. The van der Waals surface area contributed by atoms with Gasteiger partial charge in [-0.25, -0.2) is 0 Å². The molecule has 0 spiro atoms. The molecule has 1 atom stereocenters. The second-order valence-corrected chi connectivity index (χ2v) is 6.13. The average Bonchev–Trinajstić information content (AvgIpc) is 3.38. The molecule has 1 aliphatic carbocycles. The Morgan fingerprint density at radius 3 is 2.57 bits per heavy atom. The van der Waals surface area contributed by atoms with Crippen LogP contribution in [0.3, 0.4) is 0 Å². The summed E-state index contributed by atoms with van der Waals surface area (Å²) in [5.74, 6) is 0.256. The van der Waals surface area contributed by atoms with Crippen LogP contribution in [0.2, 0.25) is 5.02 Å². The summed E-state index contributed by atoms with van der Waals surface area (Å²) < 4.78 is 5.05. The number of hydrogen-bond acceptors (Lipinski definition) is 3. The van der Waals surface area contributed by atoms with Gasteiger partial charge in [0.15, 0.2) is 11.5 Å². The highest BCUT2D eigenvalue weighted by Crippen LogP contribution is 2.41. The zero-order chi connectivity index (χ0) is 16.4. The highest BCUT2D eigenvalue weighted by Gasteiger charge is 2.34. The molecule has 2 aromatic rings. The lowest BCUT2D eigenvalue weighted by Gasteiger charge is -2.19. The molecule has 2 N–H and O–H groups in total. The van der Waals surface area contributed by atoms with E-state index in [0.717, 1.165) is 18.4 Å². The molecular formula is C18H18ClNO3. The largest absolute Gasteiger partial charge is 0.504 e. The number of methoxy groups -OCH3 is 1. The maximum atomic E-state index is 12.6. The Hall–Kier alpha value is -2.20. The lowest BCUT2D eigenvalue weighted by atomic mass is 10.0. The zero-order valence-electron chi connectivity index (χ0n) is 12.8. The van der Waals surface area contributed by atoms with Gasteiger partial charge in [-0.05, 0) is 48.6 Å². The van der Waals surface area contributed by atoms with Crippen molar-refractivity contribution in [3.8, 4) is 11.5 Å². The minimum absolute atomic E-state index is 0.0784. The highest BCUT2D eigenvalue weighted by molar-refractivity contribution is 6.30. The Morgan fingerprint density at radius 1 is 1.26 bits per heavy atom. The molecule has 120 valence electrons. The molecule has 0 bridgehead atoms.